The van der Waals surface area contributed by atoms with Gasteiger partial charge in [0.05, 0.1) is 11.8 Å². The fourth-order valence-electron chi connectivity index (χ4n) is 2.54. The average Bonchev–Trinajstić information content (AvgIpc) is 2.54. The van der Waals surface area contributed by atoms with Gasteiger partial charge in [-0.25, -0.2) is 0 Å². The number of carboxylic acids is 2. The molecule has 0 aliphatic carbocycles. The molecule has 23 heavy (non-hydrogen) atoms. The Balaban J connectivity index is 2.44. The van der Waals surface area contributed by atoms with Gasteiger partial charge in [0.2, 0.25) is 0 Å². The van der Waals surface area contributed by atoms with Gasteiger partial charge in [0, 0.05) is 0 Å². The highest BCUT2D eigenvalue weighted by molar-refractivity contribution is 5.78. The SMILES string of the molecule is CC(C(=O)O)c1ccc(Cc2ccccc2)c(C(C)C(=O)O)c1. The van der Waals surface area contributed by atoms with E-state index in [0.29, 0.717) is 17.5 Å². The molecule has 2 aromatic carbocycles. The molecular formula is C19H20O4. The second-order valence-corrected chi connectivity index (χ2v) is 5.74. The summed E-state index contributed by atoms with van der Waals surface area (Å²) < 4.78 is 0. The Morgan fingerprint density at radius 1 is 0.913 bits per heavy atom. The Kier molecular flexibility index (Phi) is 5.16. The van der Waals surface area contributed by atoms with Gasteiger partial charge in [0.25, 0.3) is 0 Å². The van der Waals surface area contributed by atoms with Crippen molar-refractivity contribution in [1.82, 2.24) is 0 Å². The summed E-state index contributed by atoms with van der Waals surface area (Å²) in [5.74, 6) is -3.19. The zero-order valence-electron chi connectivity index (χ0n) is 13.2. The Hall–Kier alpha value is -2.62. The molecule has 0 spiro atoms. The molecule has 120 valence electrons. The van der Waals surface area contributed by atoms with Gasteiger partial charge in [0.1, 0.15) is 0 Å². The maximum absolute atomic E-state index is 11.4. The van der Waals surface area contributed by atoms with Crippen molar-refractivity contribution in [2.24, 2.45) is 0 Å². The number of carbonyl (C=O) groups is 2. The second-order valence-electron chi connectivity index (χ2n) is 5.74. The average molecular weight is 312 g/mol. The third-order valence-electron chi connectivity index (χ3n) is 4.11. The van der Waals surface area contributed by atoms with Crippen LogP contribution in [0.4, 0.5) is 0 Å². The van der Waals surface area contributed by atoms with Crippen molar-refractivity contribution >= 4 is 11.9 Å². The van der Waals surface area contributed by atoms with Crippen LogP contribution in [0.3, 0.4) is 0 Å². The van der Waals surface area contributed by atoms with Crippen LogP contribution in [0.2, 0.25) is 0 Å². The van der Waals surface area contributed by atoms with Gasteiger partial charge in [0.15, 0.2) is 0 Å². The fourth-order valence-corrected chi connectivity index (χ4v) is 2.54. The second kappa shape index (κ2) is 7.09. The lowest BCUT2D eigenvalue weighted by atomic mass is 9.88. The minimum Gasteiger partial charge on any atom is -0.481 e. The normalized spacial score (nSPS) is 13.3. The Morgan fingerprint density at radius 2 is 1.52 bits per heavy atom. The molecule has 0 aliphatic rings. The first-order valence-corrected chi connectivity index (χ1v) is 7.52. The van der Waals surface area contributed by atoms with Crippen LogP contribution in [0.25, 0.3) is 0 Å². The molecule has 0 amide bonds. The van der Waals surface area contributed by atoms with E-state index in [-0.39, 0.29) is 0 Å². The highest BCUT2D eigenvalue weighted by atomic mass is 16.4. The van der Waals surface area contributed by atoms with Crippen molar-refractivity contribution in [3.05, 3.63) is 70.8 Å². The first-order valence-electron chi connectivity index (χ1n) is 7.52. The van der Waals surface area contributed by atoms with Crippen molar-refractivity contribution in [3.8, 4) is 0 Å². The Labute approximate surface area is 135 Å². The smallest absolute Gasteiger partial charge is 0.310 e. The van der Waals surface area contributed by atoms with Gasteiger partial charge in [-0.1, -0.05) is 48.5 Å². The predicted octanol–water partition coefficient (Wildman–Crippen LogP) is 3.65. The van der Waals surface area contributed by atoms with Crippen LogP contribution >= 0.6 is 0 Å². The summed E-state index contributed by atoms with van der Waals surface area (Å²) in [6.45, 7) is 3.23. The highest BCUT2D eigenvalue weighted by Crippen LogP contribution is 2.27. The minimum absolute atomic E-state index is 0.621. The van der Waals surface area contributed by atoms with Crippen LogP contribution in [0.1, 0.15) is 47.9 Å². The van der Waals surface area contributed by atoms with E-state index in [9.17, 15) is 14.7 Å². The number of hydrogen-bond donors (Lipinski definition) is 2. The molecule has 0 fully saturated rings. The first kappa shape index (κ1) is 16.7. The van der Waals surface area contributed by atoms with Gasteiger partial charge in [-0.05, 0) is 42.5 Å². The standard InChI is InChI=1S/C19H20O4/c1-12(18(20)21)15-8-9-16(10-14-6-4-3-5-7-14)17(11-15)13(2)19(22)23/h3-9,11-13H,10H2,1-2H3,(H,20,21)(H,22,23). The van der Waals surface area contributed by atoms with E-state index in [0.717, 1.165) is 11.1 Å². The van der Waals surface area contributed by atoms with Crippen LogP contribution < -0.4 is 0 Å². The molecule has 2 rings (SSSR count). The van der Waals surface area contributed by atoms with E-state index in [2.05, 4.69) is 0 Å². The summed E-state index contributed by atoms with van der Waals surface area (Å²) in [6.07, 6.45) is 0.621. The van der Waals surface area contributed by atoms with E-state index >= 15 is 0 Å². The molecule has 0 bridgehead atoms. The fraction of sp³-hybridized carbons (Fsp3) is 0.263. The van der Waals surface area contributed by atoms with E-state index < -0.39 is 23.8 Å². The maximum atomic E-state index is 11.4. The lowest BCUT2D eigenvalue weighted by Crippen LogP contribution is -2.13. The van der Waals surface area contributed by atoms with Crippen molar-refractivity contribution in [2.75, 3.05) is 0 Å². The summed E-state index contributed by atoms with van der Waals surface area (Å²) in [7, 11) is 0. The van der Waals surface area contributed by atoms with Gasteiger partial charge in [-0.15, -0.1) is 0 Å². The van der Waals surface area contributed by atoms with Gasteiger partial charge >= 0.3 is 11.9 Å². The number of aliphatic carboxylic acids is 2. The third-order valence-corrected chi connectivity index (χ3v) is 4.11. The molecule has 2 unspecified atom stereocenters. The molecule has 0 radical (unpaired) electrons. The van der Waals surface area contributed by atoms with Crippen LogP contribution in [-0.2, 0) is 16.0 Å². The minimum atomic E-state index is -0.922. The molecule has 0 saturated carbocycles. The molecule has 4 heteroatoms. The van der Waals surface area contributed by atoms with E-state index in [4.69, 9.17) is 5.11 Å². The maximum Gasteiger partial charge on any atom is 0.310 e. The van der Waals surface area contributed by atoms with Crippen LogP contribution in [-0.4, -0.2) is 22.2 Å². The zero-order chi connectivity index (χ0) is 17.0. The summed E-state index contributed by atoms with van der Waals surface area (Å²) in [5.41, 5.74) is 3.29. The van der Waals surface area contributed by atoms with E-state index in [1.807, 2.05) is 36.4 Å². The lowest BCUT2D eigenvalue weighted by molar-refractivity contribution is -0.139. The summed E-state index contributed by atoms with van der Waals surface area (Å²) in [5, 5.41) is 18.5. The molecule has 2 aromatic rings. The number of benzene rings is 2. The zero-order valence-corrected chi connectivity index (χ0v) is 13.2. The van der Waals surface area contributed by atoms with Crippen molar-refractivity contribution in [3.63, 3.8) is 0 Å². The van der Waals surface area contributed by atoms with Crippen LogP contribution in [0.5, 0.6) is 0 Å². The molecule has 0 aliphatic heterocycles. The van der Waals surface area contributed by atoms with Crippen LogP contribution in [0, 0.1) is 0 Å². The van der Waals surface area contributed by atoms with E-state index in [1.165, 1.54) is 0 Å². The van der Waals surface area contributed by atoms with E-state index in [1.54, 1.807) is 26.0 Å². The molecule has 4 nitrogen and oxygen atoms in total. The Bertz CT molecular complexity index is 707. The molecule has 2 N–H and O–H groups in total. The molecule has 2 atom stereocenters. The third kappa shape index (κ3) is 3.97. The number of rotatable bonds is 6. The number of carboxylic acid groups (broad SMARTS) is 2. The molecule has 0 heterocycles. The highest BCUT2D eigenvalue weighted by Gasteiger charge is 2.21. The summed E-state index contributed by atoms with van der Waals surface area (Å²) in [4.78, 5) is 22.6. The monoisotopic (exact) mass is 312 g/mol. The summed E-state index contributed by atoms with van der Waals surface area (Å²) >= 11 is 0. The van der Waals surface area contributed by atoms with Gasteiger partial charge in [-0.3, -0.25) is 9.59 Å². The predicted molar refractivity (Wildman–Crippen MR) is 87.8 cm³/mol. The van der Waals surface area contributed by atoms with Gasteiger partial charge in [-0.2, -0.15) is 0 Å². The molecule has 0 saturated heterocycles. The van der Waals surface area contributed by atoms with Crippen molar-refractivity contribution in [2.45, 2.75) is 32.1 Å². The number of hydrogen-bond acceptors (Lipinski definition) is 2. The van der Waals surface area contributed by atoms with Crippen LogP contribution in [0.15, 0.2) is 48.5 Å². The van der Waals surface area contributed by atoms with Crippen molar-refractivity contribution < 1.29 is 19.8 Å². The molecular weight excluding hydrogens is 292 g/mol. The Morgan fingerprint density at radius 3 is 2.09 bits per heavy atom. The lowest BCUT2D eigenvalue weighted by Gasteiger charge is -2.17. The molecule has 0 aromatic heterocycles. The largest absolute Gasteiger partial charge is 0.481 e. The van der Waals surface area contributed by atoms with Gasteiger partial charge < -0.3 is 10.2 Å². The summed E-state index contributed by atoms with van der Waals surface area (Å²) in [6, 6.07) is 15.1. The topological polar surface area (TPSA) is 74.6 Å². The first-order chi connectivity index (χ1) is 10.9. The quantitative estimate of drug-likeness (QED) is 0.853. The van der Waals surface area contributed by atoms with Crippen molar-refractivity contribution in [1.29, 1.82) is 0 Å².